The van der Waals surface area contributed by atoms with Gasteiger partial charge in [-0.2, -0.15) is 13.5 Å². The average Bonchev–Trinajstić information content (AvgIpc) is 2.04. The van der Waals surface area contributed by atoms with Crippen molar-refractivity contribution in [2.45, 2.75) is 4.90 Å². The third-order valence-electron chi connectivity index (χ3n) is 1.41. The molecule has 5 nitrogen and oxygen atoms in total. The molecule has 1 aromatic carbocycles. The van der Waals surface area contributed by atoms with Crippen LogP contribution in [-0.4, -0.2) is 48.7 Å². The monoisotopic (exact) mass is 224 g/mol. The molecular formula is C7H9N2NaO3S. The molecule has 72 valence electrons. The number of hydrogen-bond acceptors (Lipinski definition) is 4. The summed E-state index contributed by atoms with van der Waals surface area (Å²) in [6.45, 7) is 0. The zero-order valence-electron chi connectivity index (χ0n) is 6.58. The Bertz CT molecular complexity index is 430. The third-order valence-corrected chi connectivity index (χ3v) is 2.34. The van der Waals surface area contributed by atoms with Gasteiger partial charge in [-0.15, -0.1) is 0 Å². The predicted octanol–water partition coefficient (Wildman–Crippen LogP) is -0.423. The molecule has 0 radical (unpaired) electrons. The van der Waals surface area contributed by atoms with Gasteiger partial charge in [-0.3, -0.25) is 4.55 Å². The summed E-state index contributed by atoms with van der Waals surface area (Å²) in [7, 11) is -4.20. The zero-order chi connectivity index (χ0) is 9.90. The van der Waals surface area contributed by atoms with Gasteiger partial charge in [0, 0.05) is 5.56 Å². The molecule has 0 aromatic heterocycles. The first-order valence-electron chi connectivity index (χ1n) is 3.35. The molecule has 0 saturated carbocycles. The van der Waals surface area contributed by atoms with Crippen LogP contribution in [0.15, 0.2) is 34.3 Å². The summed E-state index contributed by atoms with van der Waals surface area (Å²) in [5, 5.41) is 3.18. The molecule has 0 saturated heterocycles. The second-order valence-corrected chi connectivity index (χ2v) is 3.68. The molecular weight excluding hydrogens is 215 g/mol. The van der Waals surface area contributed by atoms with E-state index < -0.39 is 10.1 Å². The quantitative estimate of drug-likeness (QED) is 0.234. The first kappa shape index (κ1) is 13.6. The fourth-order valence-electron chi connectivity index (χ4n) is 0.902. The molecule has 1 aromatic rings. The number of hydrazone groups is 1. The molecule has 0 aliphatic carbocycles. The van der Waals surface area contributed by atoms with Gasteiger partial charge >= 0.3 is 29.6 Å². The number of benzene rings is 1. The van der Waals surface area contributed by atoms with Crippen molar-refractivity contribution in [1.82, 2.24) is 0 Å². The minimum atomic E-state index is -4.20. The summed E-state index contributed by atoms with van der Waals surface area (Å²) >= 11 is 0. The molecule has 0 heterocycles. The summed E-state index contributed by atoms with van der Waals surface area (Å²) in [5.41, 5.74) is 0.257. The molecule has 14 heavy (non-hydrogen) atoms. The fraction of sp³-hybridized carbons (Fsp3) is 0. The van der Waals surface area contributed by atoms with Gasteiger partial charge in [-0.05, 0) is 6.07 Å². The zero-order valence-corrected chi connectivity index (χ0v) is 7.40. The maximum absolute atomic E-state index is 10.8. The van der Waals surface area contributed by atoms with Crippen molar-refractivity contribution in [3.8, 4) is 0 Å². The van der Waals surface area contributed by atoms with Crippen LogP contribution in [0.25, 0.3) is 0 Å². The van der Waals surface area contributed by atoms with Crippen LogP contribution in [0.5, 0.6) is 0 Å². The SMILES string of the molecule is NN=Cc1ccccc1S(=O)(=O)O.[NaH]. The second-order valence-electron chi connectivity index (χ2n) is 2.29. The van der Waals surface area contributed by atoms with Crippen LogP contribution in [0.1, 0.15) is 5.56 Å². The topological polar surface area (TPSA) is 92.8 Å². The number of nitrogens with two attached hydrogens (primary N) is 1. The molecule has 0 atom stereocenters. The summed E-state index contributed by atoms with van der Waals surface area (Å²) in [6, 6.07) is 5.87. The van der Waals surface area contributed by atoms with Gasteiger partial charge in [0.2, 0.25) is 0 Å². The fourth-order valence-corrected chi connectivity index (χ4v) is 1.57. The van der Waals surface area contributed by atoms with Crippen LogP contribution in [0.4, 0.5) is 0 Å². The normalized spacial score (nSPS) is 11.2. The van der Waals surface area contributed by atoms with Crippen molar-refractivity contribution < 1.29 is 13.0 Å². The van der Waals surface area contributed by atoms with Crippen LogP contribution in [-0.2, 0) is 10.1 Å². The van der Waals surface area contributed by atoms with Crippen molar-refractivity contribution in [3.63, 3.8) is 0 Å². The van der Waals surface area contributed by atoms with Gasteiger partial charge in [0.05, 0.1) is 6.21 Å². The molecule has 1 rings (SSSR count). The second kappa shape index (κ2) is 5.47. The van der Waals surface area contributed by atoms with Crippen molar-refractivity contribution in [3.05, 3.63) is 29.8 Å². The molecule has 7 heteroatoms. The molecule has 0 aliphatic heterocycles. The first-order valence-corrected chi connectivity index (χ1v) is 4.79. The number of rotatable bonds is 2. The Morgan fingerprint density at radius 3 is 2.43 bits per heavy atom. The summed E-state index contributed by atoms with van der Waals surface area (Å²) in [6.07, 6.45) is 1.16. The van der Waals surface area contributed by atoms with E-state index in [0.717, 1.165) is 6.21 Å². The van der Waals surface area contributed by atoms with E-state index in [1.807, 2.05) is 0 Å². The predicted molar refractivity (Wildman–Crippen MR) is 55.2 cm³/mol. The summed E-state index contributed by atoms with van der Waals surface area (Å²) in [5.74, 6) is 4.87. The van der Waals surface area contributed by atoms with E-state index in [2.05, 4.69) is 5.10 Å². The van der Waals surface area contributed by atoms with Crippen LogP contribution in [0.2, 0.25) is 0 Å². The minimum absolute atomic E-state index is 0. The van der Waals surface area contributed by atoms with Crippen molar-refractivity contribution in [2.24, 2.45) is 10.9 Å². The number of nitrogens with zero attached hydrogens (tertiary/aromatic N) is 1. The molecule has 0 unspecified atom stereocenters. The molecule has 0 fully saturated rings. The van der Waals surface area contributed by atoms with Gasteiger partial charge in [-0.25, -0.2) is 0 Å². The Kier molecular flexibility index (Phi) is 5.32. The maximum atomic E-state index is 10.8. The third kappa shape index (κ3) is 3.39. The van der Waals surface area contributed by atoms with E-state index in [1.54, 1.807) is 6.07 Å². The molecule has 0 aliphatic rings. The molecule has 0 spiro atoms. The standard InChI is InChI=1S/C7H8N2O3S.Na.H/c8-9-5-6-3-1-2-4-7(6)13(10,11)12;;/h1-5H,8H2,(H,10,11,12);;. The van der Waals surface area contributed by atoms with E-state index in [1.165, 1.54) is 18.2 Å². The Morgan fingerprint density at radius 1 is 1.36 bits per heavy atom. The molecule has 3 N–H and O–H groups in total. The van der Waals surface area contributed by atoms with Gasteiger partial charge in [0.25, 0.3) is 10.1 Å². The average molecular weight is 224 g/mol. The van der Waals surface area contributed by atoms with Crippen molar-refractivity contribution in [2.75, 3.05) is 0 Å². The van der Waals surface area contributed by atoms with E-state index >= 15 is 0 Å². The van der Waals surface area contributed by atoms with E-state index in [-0.39, 0.29) is 40.0 Å². The first-order chi connectivity index (χ1) is 6.05. The van der Waals surface area contributed by atoms with Gasteiger partial charge in [0.1, 0.15) is 4.90 Å². The summed E-state index contributed by atoms with van der Waals surface area (Å²) < 4.78 is 30.3. The molecule has 0 bridgehead atoms. The Labute approximate surface area is 104 Å². The van der Waals surface area contributed by atoms with E-state index in [0.29, 0.717) is 0 Å². The Hall–Kier alpha value is -0.400. The van der Waals surface area contributed by atoms with E-state index in [4.69, 9.17) is 10.4 Å². The molecule has 0 amide bonds. The number of hydrogen-bond donors (Lipinski definition) is 2. The van der Waals surface area contributed by atoms with E-state index in [9.17, 15) is 8.42 Å². The van der Waals surface area contributed by atoms with Crippen molar-refractivity contribution in [1.29, 1.82) is 0 Å². The summed E-state index contributed by atoms with van der Waals surface area (Å²) in [4.78, 5) is -0.204. The van der Waals surface area contributed by atoms with Gasteiger partial charge in [0.15, 0.2) is 0 Å². The van der Waals surface area contributed by atoms with Crippen LogP contribution >= 0.6 is 0 Å². The Balaban J connectivity index is 0.00000169. The van der Waals surface area contributed by atoms with Gasteiger partial charge < -0.3 is 5.84 Å². The van der Waals surface area contributed by atoms with Crippen LogP contribution in [0, 0.1) is 0 Å². The van der Waals surface area contributed by atoms with Crippen LogP contribution in [0.3, 0.4) is 0 Å². The van der Waals surface area contributed by atoms with Crippen molar-refractivity contribution >= 4 is 45.9 Å². The van der Waals surface area contributed by atoms with Gasteiger partial charge in [-0.1, -0.05) is 18.2 Å². The van der Waals surface area contributed by atoms with Crippen LogP contribution < -0.4 is 5.84 Å². The Morgan fingerprint density at radius 2 is 1.93 bits per heavy atom.